The van der Waals surface area contributed by atoms with E-state index in [9.17, 15) is 19.7 Å². The number of amides is 1. The zero-order valence-electron chi connectivity index (χ0n) is 17.0. The van der Waals surface area contributed by atoms with Crippen LogP contribution in [-0.2, 0) is 9.53 Å². The van der Waals surface area contributed by atoms with Crippen molar-refractivity contribution in [2.75, 3.05) is 26.1 Å². The second-order valence-electron chi connectivity index (χ2n) is 5.98. The molecule has 1 atom stereocenters. The van der Waals surface area contributed by atoms with Crippen molar-refractivity contribution in [2.45, 2.75) is 20.0 Å². The Morgan fingerprint density at radius 3 is 2.33 bits per heavy atom. The first-order valence-electron chi connectivity index (χ1n) is 8.95. The van der Waals surface area contributed by atoms with Crippen LogP contribution in [0.3, 0.4) is 0 Å². The first-order valence-corrected chi connectivity index (χ1v) is 8.95. The van der Waals surface area contributed by atoms with Gasteiger partial charge in [-0.15, -0.1) is 0 Å². The molecule has 0 aliphatic rings. The summed E-state index contributed by atoms with van der Waals surface area (Å²) in [4.78, 5) is 35.2. The fourth-order valence-electron chi connectivity index (χ4n) is 2.49. The van der Waals surface area contributed by atoms with Gasteiger partial charge in [-0.2, -0.15) is 0 Å². The highest BCUT2D eigenvalue weighted by Crippen LogP contribution is 2.30. The van der Waals surface area contributed by atoms with Crippen LogP contribution in [0, 0.1) is 10.1 Å². The highest BCUT2D eigenvalue weighted by Gasteiger charge is 2.22. The van der Waals surface area contributed by atoms with Crippen LogP contribution >= 0.6 is 0 Å². The monoisotopic (exact) mass is 418 g/mol. The van der Waals surface area contributed by atoms with Crippen molar-refractivity contribution in [2.24, 2.45) is 0 Å². The molecule has 0 aliphatic heterocycles. The van der Waals surface area contributed by atoms with E-state index in [2.05, 4.69) is 5.32 Å². The number of non-ortho nitro benzene ring substituents is 1. The molecule has 0 saturated heterocycles. The van der Waals surface area contributed by atoms with Gasteiger partial charge < -0.3 is 24.3 Å². The third-order valence-electron chi connectivity index (χ3n) is 4.00. The maximum atomic E-state index is 12.4. The van der Waals surface area contributed by atoms with Crippen molar-refractivity contribution in [1.29, 1.82) is 0 Å². The maximum absolute atomic E-state index is 12.4. The lowest BCUT2D eigenvalue weighted by molar-refractivity contribution is -0.384. The third kappa shape index (κ3) is 5.37. The molecule has 0 radical (unpaired) electrons. The number of ether oxygens (including phenoxy) is 4. The molecule has 0 bridgehead atoms. The molecule has 160 valence electrons. The summed E-state index contributed by atoms with van der Waals surface area (Å²) < 4.78 is 20.9. The summed E-state index contributed by atoms with van der Waals surface area (Å²) in [7, 11) is 2.80. The number of nitro groups is 1. The minimum Gasteiger partial charge on any atom is -0.495 e. The Balaban J connectivity index is 2.11. The average Bonchev–Trinajstić information content (AvgIpc) is 2.73. The van der Waals surface area contributed by atoms with Crippen LogP contribution in [-0.4, -0.2) is 43.7 Å². The van der Waals surface area contributed by atoms with E-state index in [0.29, 0.717) is 18.1 Å². The van der Waals surface area contributed by atoms with E-state index in [1.54, 1.807) is 6.07 Å². The van der Waals surface area contributed by atoms with Crippen LogP contribution in [0.15, 0.2) is 36.4 Å². The molecule has 0 spiro atoms. The largest absolute Gasteiger partial charge is 0.495 e. The number of benzene rings is 2. The van der Waals surface area contributed by atoms with Crippen molar-refractivity contribution in [3.8, 4) is 17.2 Å². The van der Waals surface area contributed by atoms with Crippen LogP contribution in [0.5, 0.6) is 17.2 Å². The van der Waals surface area contributed by atoms with Crippen molar-refractivity contribution in [3.63, 3.8) is 0 Å². The highest BCUT2D eigenvalue weighted by atomic mass is 16.6. The minimum atomic E-state index is -1.18. The average molecular weight is 418 g/mol. The number of nitrogens with zero attached hydrogens (tertiary/aromatic N) is 1. The van der Waals surface area contributed by atoms with Gasteiger partial charge in [0, 0.05) is 12.1 Å². The van der Waals surface area contributed by atoms with E-state index in [4.69, 9.17) is 18.9 Å². The summed E-state index contributed by atoms with van der Waals surface area (Å²) in [6, 6.07) is 8.26. The number of methoxy groups -OCH3 is 2. The van der Waals surface area contributed by atoms with Gasteiger partial charge in [0.2, 0.25) is 0 Å². The fourth-order valence-corrected chi connectivity index (χ4v) is 2.49. The highest BCUT2D eigenvalue weighted by molar-refractivity contribution is 5.98. The molecule has 2 aromatic rings. The summed E-state index contributed by atoms with van der Waals surface area (Å²) in [5, 5.41) is 13.4. The third-order valence-corrected chi connectivity index (χ3v) is 4.00. The number of rotatable bonds is 9. The minimum absolute atomic E-state index is 0.0855. The van der Waals surface area contributed by atoms with Crippen molar-refractivity contribution in [1.82, 2.24) is 0 Å². The van der Waals surface area contributed by atoms with E-state index in [1.807, 2.05) is 6.92 Å². The van der Waals surface area contributed by atoms with Crippen LogP contribution in [0.2, 0.25) is 0 Å². The normalized spacial score (nSPS) is 11.2. The van der Waals surface area contributed by atoms with Gasteiger partial charge in [-0.05, 0) is 38.1 Å². The van der Waals surface area contributed by atoms with Crippen LogP contribution in [0.4, 0.5) is 11.4 Å². The quantitative estimate of drug-likeness (QED) is 0.374. The molecule has 1 unspecified atom stereocenters. The van der Waals surface area contributed by atoms with Crippen molar-refractivity contribution in [3.05, 3.63) is 52.1 Å². The SMILES string of the molecule is CCOc1ccc(C(=O)OC(C)C(=O)Nc2cc([N+](=O)[O-])ccc2OC)cc1OC. The fraction of sp³-hybridized carbons (Fsp3) is 0.300. The van der Waals surface area contributed by atoms with E-state index >= 15 is 0 Å². The Hall–Kier alpha value is -3.82. The van der Waals surface area contributed by atoms with E-state index < -0.39 is 22.9 Å². The molecule has 10 heteroatoms. The number of carbonyl (C=O) groups excluding carboxylic acids is 2. The molecule has 2 rings (SSSR count). The van der Waals surface area contributed by atoms with E-state index in [0.717, 1.165) is 6.07 Å². The van der Waals surface area contributed by atoms with Gasteiger partial charge in [0.05, 0.1) is 37.0 Å². The molecule has 0 aliphatic carbocycles. The van der Waals surface area contributed by atoms with Gasteiger partial charge in [0.25, 0.3) is 11.6 Å². The molecule has 1 amide bonds. The van der Waals surface area contributed by atoms with Crippen molar-refractivity contribution >= 4 is 23.3 Å². The lowest BCUT2D eigenvalue weighted by Crippen LogP contribution is -2.30. The lowest BCUT2D eigenvalue weighted by atomic mass is 10.2. The van der Waals surface area contributed by atoms with Crippen LogP contribution in [0.25, 0.3) is 0 Å². The molecule has 0 aromatic heterocycles. The molecule has 2 aromatic carbocycles. The Labute approximate surface area is 172 Å². The Morgan fingerprint density at radius 1 is 1.07 bits per heavy atom. The molecule has 0 fully saturated rings. The summed E-state index contributed by atoms with van der Waals surface area (Å²) in [6.07, 6.45) is -1.18. The van der Waals surface area contributed by atoms with Gasteiger partial charge in [-0.25, -0.2) is 4.79 Å². The number of nitrogens with one attached hydrogen (secondary N) is 1. The number of anilines is 1. The molecule has 30 heavy (non-hydrogen) atoms. The van der Waals surface area contributed by atoms with Gasteiger partial charge in [-0.1, -0.05) is 0 Å². The number of esters is 1. The van der Waals surface area contributed by atoms with E-state index in [1.165, 1.54) is 45.4 Å². The molecule has 1 N–H and O–H groups in total. The predicted octanol–water partition coefficient (Wildman–Crippen LogP) is 3.19. The first-order chi connectivity index (χ1) is 14.3. The Morgan fingerprint density at radius 2 is 1.73 bits per heavy atom. The number of carbonyl (C=O) groups is 2. The summed E-state index contributed by atoms with van der Waals surface area (Å²) in [5.41, 5.74) is 0.0300. The molecular formula is C20H22N2O8. The maximum Gasteiger partial charge on any atom is 0.339 e. The number of hydrogen-bond acceptors (Lipinski definition) is 8. The Bertz CT molecular complexity index is 944. The van der Waals surface area contributed by atoms with Gasteiger partial charge in [0.1, 0.15) is 5.75 Å². The second-order valence-corrected chi connectivity index (χ2v) is 5.98. The van der Waals surface area contributed by atoms with Crippen molar-refractivity contribution < 1.29 is 33.5 Å². The molecule has 0 saturated carbocycles. The summed E-state index contributed by atoms with van der Waals surface area (Å²) >= 11 is 0. The number of hydrogen-bond donors (Lipinski definition) is 1. The Kier molecular flexibility index (Phi) is 7.56. The van der Waals surface area contributed by atoms with Crippen LogP contribution < -0.4 is 19.5 Å². The topological polar surface area (TPSA) is 126 Å². The summed E-state index contributed by atoms with van der Waals surface area (Å²) in [5.74, 6) is -0.376. The van der Waals surface area contributed by atoms with E-state index in [-0.39, 0.29) is 22.7 Å². The van der Waals surface area contributed by atoms with Gasteiger partial charge in [0.15, 0.2) is 17.6 Å². The number of nitro benzene ring substituents is 1. The standard InChI is InChI=1S/C20H22N2O8/c1-5-29-17-8-6-13(10-18(17)28-4)20(24)30-12(2)19(23)21-15-11-14(22(25)26)7-9-16(15)27-3/h6-12H,5H2,1-4H3,(H,21,23). The molecular weight excluding hydrogens is 396 g/mol. The zero-order chi connectivity index (χ0) is 22.3. The molecule has 10 nitrogen and oxygen atoms in total. The smallest absolute Gasteiger partial charge is 0.339 e. The second kappa shape index (κ2) is 10.1. The lowest BCUT2D eigenvalue weighted by Gasteiger charge is -2.16. The van der Waals surface area contributed by atoms with Gasteiger partial charge in [-0.3, -0.25) is 14.9 Å². The first kappa shape index (κ1) is 22.5. The van der Waals surface area contributed by atoms with Crippen LogP contribution in [0.1, 0.15) is 24.2 Å². The zero-order valence-corrected chi connectivity index (χ0v) is 17.0. The van der Waals surface area contributed by atoms with Gasteiger partial charge >= 0.3 is 5.97 Å². The molecule has 0 heterocycles. The predicted molar refractivity (Wildman–Crippen MR) is 107 cm³/mol. The summed E-state index contributed by atoms with van der Waals surface area (Å²) in [6.45, 7) is 3.62.